The molecule has 104 valence electrons. The zero-order valence-electron chi connectivity index (χ0n) is 10.9. The first kappa shape index (κ1) is 13.3. The quantitative estimate of drug-likeness (QED) is 0.835. The molecule has 0 aromatic carbocycles. The summed E-state index contributed by atoms with van der Waals surface area (Å²) in [7, 11) is 1.65. The predicted octanol–water partition coefficient (Wildman–Crippen LogP) is 1.62. The van der Waals surface area contributed by atoms with Crippen LogP contribution in [0.15, 0.2) is 10.7 Å². The van der Waals surface area contributed by atoms with Gasteiger partial charge in [0.05, 0.1) is 23.8 Å². The number of aromatic nitrogens is 2. The molecule has 6 heteroatoms. The van der Waals surface area contributed by atoms with Crippen LogP contribution >= 0.6 is 15.9 Å². The number of fused-ring (bicyclic) bond motifs is 2. The van der Waals surface area contributed by atoms with Crippen LogP contribution in [0.25, 0.3) is 0 Å². The molecule has 2 bridgehead atoms. The van der Waals surface area contributed by atoms with Crippen molar-refractivity contribution in [1.29, 1.82) is 0 Å². The van der Waals surface area contributed by atoms with Crippen LogP contribution in [-0.4, -0.2) is 41.4 Å². The Bertz CT molecular complexity index is 488. The van der Waals surface area contributed by atoms with E-state index in [1.165, 1.54) is 6.42 Å². The molecule has 0 spiro atoms. The zero-order valence-corrected chi connectivity index (χ0v) is 12.5. The first-order chi connectivity index (χ1) is 9.20. The number of hydrogen-bond donors (Lipinski definition) is 1. The Morgan fingerprint density at radius 3 is 3.11 bits per heavy atom. The van der Waals surface area contributed by atoms with Gasteiger partial charge in [-0.1, -0.05) is 0 Å². The van der Waals surface area contributed by atoms with E-state index in [0.717, 1.165) is 17.3 Å². The van der Waals surface area contributed by atoms with Gasteiger partial charge in [-0.3, -0.25) is 9.48 Å². The number of nitrogens with zero attached hydrogens (tertiary/aromatic N) is 2. The Hall–Kier alpha value is -0.720. The number of carbonyl (C=O) groups excluding carboxylic acids is 1. The number of ketones is 1. The standard InChI is InChI=1S/C13H18BrN3O2/c1-19-5-4-17-12(10(14)7-15-17)13(18)9-6-8-2-3-11(9)16-8/h7-9,11,16H,2-6H2,1H3. The van der Waals surface area contributed by atoms with Crippen molar-refractivity contribution in [3.8, 4) is 0 Å². The van der Waals surface area contributed by atoms with Gasteiger partial charge in [0.15, 0.2) is 5.78 Å². The topological polar surface area (TPSA) is 56.2 Å². The summed E-state index contributed by atoms with van der Waals surface area (Å²) in [6, 6.07) is 0.892. The number of methoxy groups -OCH3 is 1. The minimum atomic E-state index is 0.105. The third-order valence-electron chi connectivity index (χ3n) is 4.17. The number of hydrogen-bond acceptors (Lipinski definition) is 4. The molecular formula is C13H18BrN3O2. The van der Waals surface area contributed by atoms with E-state index in [2.05, 4.69) is 26.3 Å². The maximum atomic E-state index is 12.7. The zero-order chi connectivity index (χ0) is 13.4. The molecule has 2 aliphatic heterocycles. The SMILES string of the molecule is COCCn1ncc(Br)c1C(=O)C1CC2CCC1N2. The molecule has 19 heavy (non-hydrogen) atoms. The summed E-state index contributed by atoms with van der Waals surface area (Å²) < 4.78 is 7.61. The lowest BCUT2D eigenvalue weighted by Crippen LogP contribution is -2.30. The van der Waals surface area contributed by atoms with Crippen LogP contribution in [0.2, 0.25) is 0 Å². The van der Waals surface area contributed by atoms with Crippen molar-refractivity contribution in [2.24, 2.45) is 5.92 Å². The van der Waals surface area contributed by atoms with E-state index in [1.807, 2.05) is 0 Å². The molecule has 0 aliphatic carbocycles. The molecular weight excluding hydrogens is 310 g/mol. The van der Waals surface area contributed by atoms with Gasteiger partial charge < -0.3 is 10.1 Å². The number of rotatable bonds is 5. The van der Waals surface area contributed by atoms with Gasteiger partial charge >= 0.3 is 0 Å². The summed E-state index contributed by atoms with van der Waals surface area (Å²) in [6.45, 7) is 1.17. The van der Waals surface area contributed by atoms with E-state index >= 15 is 0 Å². The molecule has 0 amide bonds. The summed E-state index contributed by atoms with van der Waals surface area (Å²) >= 11 is 3.44. The number of Topliss-reactive ketones (excluding diaryl/α,β-unsaturated/α-hetero) is 1. The first-order valence-electron chi connectivity index (χ1n) is 6.71. The Morgan fingerprint density at radius 1 is 1.63 bits per heavy atom. The molecule has 0 radical (unpaired) electrons. The summed E-state index contributed by atoms with van der Waals surface area (Å²) in [5, 5.41) is 7.77. The van der Waals surface area contributed by atoms with Gasteiger partial charge in [-0.25, -0.2) is 0 Å². The summed E-state index contributed by atoms with van der Waals surface area (Å²) in [6.07, 6.45) is 4.98. The van der Waals surface area contributed by atoms with Crippen LogP contribution in [0.3, 0.4) is 0 Å². The lowest BCUT2D eigenvalue weighted by atomic mass is 9.85. The van der Waals surface area contributed by atoms with Gasteiger partial charge in [-0.05, 0) is 35.2 Å². The van der Waals surface area contributed by atoms with Gasteiger partial charge in [0.1, 0.15) is 5.69 Å². The Morgan fingerprint density at radius 2 is 2.47 bits per heavy atom. The molecule has 5 nitrogen and oxygen atoms in total. The average molecular weight is 328 g/mol. The molecule has 1 N–H and O–H groups in total. The molecule has 1 aromatic heterocycles. The number of halogens is 1. The normalized spacial score (nSPS) is 29.1. The van der Waals surface area contributed by atoms with Crippen LogP contribution in [-0.2, 0) is 11.3 Å². The highest BCUT2D eigenvalue weighted by atomic mass is 79.9. The third-order valence-corrected chi connectivity index (χ3v) is 4.75. The first-order valence-corrected chi connectivity index (χ1v) is 7.50. The molecule has 3 unspecified atom stereocenters. The average Bonchev–Trinajstić information content (AvgIpc) is 3.10. The monoisotopic (exact) mass is 327 g/mol. The largest absolute Gasteiger partial charge is 0.383 e. The summed E-state index contributed by atoms with van der Waals surface area (Å²) in [5.74, 6) is 0.313. The fraction of sp³-hybridized carbons (Fsp3) is 0.692. The minimum absolute atomic E-state index is 0.105. The van der Waals surface area contributed by atoms with E-state index in [-0.39, 0.29) is 11.7 Å². The number of carbonyl (C=O) groups is 1. The van der Waals surface area contributed by atoms with Gasteiger partial charge in [0, 0.05) is 25.1 Å². The van der Waals surface area contributed by atoms with Crippen molar-refractivity contribution in [2.45, 2.75) is 37.9 Å². The van der Waals surface area contributed by atoms with Gasteiger partial charge in [0.25, 0.3) is 0 Å². The molecule has 3 rings (SSSR count). The molecule has 3 atom stereocenters. The van der Waals surface area contributed by atoms with Crippen LogP contribution in [0.1, 0.15) is 29.8 Å². The van der Waals surface area contributed by atoms with Crippen LogP contribution < -0.4 is 5.32 Å². The highest BCUT2D eigenvalue weighted by molar-refractivity contribution is 9.10. The molecule has 2 aliphatic rings. The fourth-order valence-electron chi connectivity index (χ4n) is 3.24. The Labute approximate surface area is 120 Å². The van der Waals surface area contributed by atoms with E-state index in [1.54, 1.807) is 18.0 Å². The van der Waals surface area contributed by atoms with Gasteiger partial charge in [0.2, 0.25) is 0 Å². The van der Waals surface area contributed by atoms with Gasteiger partial charge in [-0.15, -0.1) is 0 Å². The van der Waals surface area contributed by atoms with Crippen molar-refractivity contribution in [3.05, 3.63) is 16.4 Å². The lowest BCUT2D eigenvalue weighted by Gasteiger charge is -2.19. The fourth-order valence-corrected chi connectivity index (χ4v) is 3.74. The highest BCUT2D eigenvalue weighted by Gasteiger charge is 2.44. The van der Waals surface area contributed by atoms with E-state index in [9.17, 15) is 4.79 Å². The molecule has 0 saturated carbocycles. The van der Waals surface area contributed by atoms with E-state index in [0.29, 0.717) is 30.9 Å². The van der Waals surface area contributed by atoms with Crippen LogP contribution in [0, 0.1) is 5.92 Å². The highest BCUT2D eigenvalue weighted by Crippen LogP contribution is 2.36. The number of nitrogens with one attached hydrogen (secondary N) is 1. The third kappa shape index (κ3) is 2.37. The minimum Gasteiger partial charge on any atom is -0.383 e. The van der Waals surface area contributed by atoms with Gasteiger partial charge in [-0.2, -0.15) is 5.10 Å². The lowest BCUT2D eigenvalue weighted by molar-refractivity contribution is 0.0885. The smallest absolute Gasteiger partial charge is 0.186 e. The van der Waals surface area contributed by atoms with Crippen molar-refractivity contribution < 1.29 is 9.53 Å². The van der Waals surface area contributed by atoms with Crippen molar-refractivity contribution >= 4 is 21.7 Å². The predicted molar refractivity (Wildman–Crippen MR) is 74.2 cm³/mol. The molecule has 3 heterocycles. The van der Waals surface area contributed by atoms with Crippen LogP contribution in [0.4, 0.5) is 0 Å². The summed E-state index contributed by atoms with van der Waals surface area (Å²) in [5.41, 5.74) is 0.691. The molecule has 1 aromatic rings. The Kier molecular flexibility index (Phi) is 3.73. The molecule has 2 fully saturated rings. The van der Waals surface area contributed by atoms with Crippen molar-refractivity contribution in [1.82, 2.24) is 15.1 Å². The van der Waals surface area contributed by atoms with E-state index in [4.69, 9.17) is 4.74 Å². The second-order valence-corrected chi connectivity index (χ2v) is 6.17. The second kappa shape index (κ2) is 5.34. The second-order valence-electron chi connectivity index (χ2n) is 5.31. The van der Waals surface area contributed by atoms with E-state index < -0.39 is 0 Å². The molecule has 2 saturated heterocycles. The van der Waals surface area contributed by atoms with Crippen LogP contribution in [0.5, 0.6) is 0 Å². The summed E-state index contributed by atoms with van der Waals surface area (Å²) in [4.78, 5) is 12.7. The number of ether oxygens (including phenoxy) is 1. The van der Waals surface area contributed by atoms with Crippen molar-refractivity contribution in [2.75, 3.05) is 13.7 Å². The Balaban J connectivity index is 1.81. The maximum absolute atomic E-state index is 12.7. The maximum Gasteiger partial charge on any atom is 0.186 e. The van der Waals surface area contributed by atoms with Crippen molar-refractivity contribution in [3.63, 3.8) is 0 Å².